The van der Waals surface area contributed by atoms with Gasteiger partial charge >= 0.3 is 0 Å². The summed E-state index contributed by atoms with van der Waals surface area (Å²) in [5.41, 5.74) is 4.63. The third kappa shape index (κ3) is 2.72. The van der Waals surface area contributed by atoms with E-state index in [1.165, 1.54) is 5.56 Å². The maximum atomic E-state index is 12.1. The van der Waals surface area contributed by atoms with E-state index < -0.39 is 0 Å². The Morgan fingerprint density at radius 2 is 1.81 bits per heavy atom. The molecule has 0 unspecified atom stereocenters. The lowest BCUT2D eigenvalue weighted by Gasteiger charge is -2.05. The molecule has 1 aliphatic rings. The van der Waals surface area contributed by atoms with Crippen molar-refractivity contribution in [3.63, 3.8) is 0 Å². The summed E-state index contributed by atoms with van der Waals surface area (Å²) in [6, 6.07) is 13.7. The molecule has 0 saturated heterocycles. The molecular formula is C18H16ClNO. The standard InChI is InChI=1S/C18H16ClNO/c1-11(2)13-5-3-12(4-6-13)9-16-15-10-14(19)7-8-17(15)20-18(16)21/h3-11H,1-2H3,(H,20,21). The number of halogens is 1. The van der Waals surface area contributed by atoms with Crippen LogP contribution in [0.15, 0.2) is 42.5 Å². The largest absolute Gasteiger partial charge is 0.321 e. The Labute approximate surface area is 129 Å². The molecule has 0 spiro atoms. The predicted octanol–water partition coefficient (Wildman–Crippen LogP) is 4.96. The Kier molecular flexibility index (Phi) is 3.56. The normalized spacial score (nSPS) is 15.4. The van der Waals surface area contributed by atoms with Gasteiger partial charge in [0.2, 0.25) is 0 Å². The van der Waals surface area contributed by atoms with E-state index in [1.807, 2.05) is 30.3 Å². The highest BCUT2D eigenvalue weighted by molar-refractivity contribution is 6.36. The van der Waals surface area contributed by atoms with Crippen LogP contribution in [0.3, 0.4) is 0 Å². The lowest BCUT2D eigenvalue weighted by molar-refractivity contribution is -0.110. The molecule has 3 rings (SSSR count). The van der Waals surface area contributed by atoms with E-state index in [1.54, 1.807) is 6.07 Å². The average Bonchev–Trinajstić information content (AvgIpc) is 2.76. The average molecular weight is 298 g/mol. The fourth-order valence-electron chi connectivity index (χ4n) is 2.45. The third-order valence-corrected chi connectivity index (χ3v) is 3.91. The molecule has 0 saturated carbocycles. The number of benzene rings is 2. The summed E-state index contributed by atoms with van der Waals surface area (Å²) in [5, 5.41) is 3.49. The summed E-state index contributed by atoms with van der Waals surface area (Å²) < 4.78 is 0. The van der Waals surface area contributed by atoms with Crippen LogP contribution in [0.5, 0.6) is 0 Å². The van der Waals surface area contributed by atoms with E-state index in [0.717, 1.165) is 16.8 Å². The van der Waals surface area contributed by atoms with Crippen molar-refractivity contribution in [1.82, 2.24) is 0 Å². The van der Waals surface area contributed by atoms with Gasteiger partial charge in [-0.25, -0.2) is 0 Å². The first-order chi connectivity index (χ1) is 10.0. The number of rotatable bonds is 2. The lowest BCUT2D eigenvalue weighted by Crippen LogP contribution is -2.03. The van der Waals surface area contributed by atoms with Crippen LogP contribution in [0.4, 0.5) is 5.69 Å². The maximum absolute atomic E-state index is 12.1. The zero-order valence-electron chi connectivity index (χ0n) is 12.0. The van der Waals surface area contributed by atoms with Crippen molar-refractivity contribution >= 4 is 34.8 Å². The van der Waals surface area contributed by atoms with Crippen LogP contribution in [0.1, 0.15) is 36.5 Å². The highest BCUT2D eigenvalue weighted by atomic mass is 35.5. The second-order valence-electron chi connectivity index (χ2n) is 5.52. The molecule has 0 atom stereocenters. The summed E-state index contributed by atoms with van der Waals surface area (Å²) in [6.07, 6.45) is 1.90. The molecule has 0 radical (unpaired) electrons. The van der Waals surface area contributed by atoms with Crippen LogP contribution in [0.25, 0.3) is 11.6 Å². The maximum Gasteiger partial charge on any atom is 0.256 e. The lowest BCUT2D eigenvalue weighted by atomic mass is 9.99. The molecule has 1 heterocycles. The van der Waals surface area contributed by atoms with E-state index in [2.05, 4.69) is 31.3 Å². The second kappa shape index (κ2) is 5.38. The minimum atomic E-state index is -0.0831. The van der Waals surface area contributed by atoms with Crippen LogP contribution in [0.2, 0.25) is 5.02 Å². The number of fused-ring (bicyclic) bond motifs is 1. The molecule has 1 amide bonds. The molecule has 0 bridgehead atoms. The van der Waals surface area contributed by atoms with Gasteiger partial charge < -0.3 is 5.32 Å². The number of carbonyl (C=O) groups is 1. The molecule has 2 nitrogen and oxygen atoms in total. The van der Waals surface area contributed by atoms with Crippen LogP contribution < -0.4 is 5.32 Å². The Balaban J connectivity index is 2.00. The monoisotopic (exact) mass is 297 g/mol. The van der Waals surface area contributed by atoms with Crippen LogP contribution >= 0.6 is 11.6 Å². The first-order valence-corrected chi connectivity index (χ1v) is 7.35. The second-order valence-corrected chi connectivity index (χ2v) is 5.96. The molecular weight excluding hydrogens is 282 g/mol. The summed E-state index contributed by atoms with van der Waals surface area (Å²) >= 11 is 6.03. The number of carbonyl (C=O) groups excluding carboxylic acids is 1. The first kappa shape index (κ1) is 13.9. The summed E-state index contributed by atoms with van der Waals surface area (Å²) in [5.74, 6) is 0.418. The van der Waals surface area contributed by atoms with Crippen molar-refractivity contribution in [2.45, 2.75) is 19.8 Å². The molecule has 1 aliphatic heterocycles. The summed E-state index contributed by atoms with van der Waals surface area (Å²) in [7, 11) is 0. The SMILES string of the molecule is CC(C)c1ccc(C=C2C(=O)Nc3ccc(Cl)cc32)cc1. The van der Waals surface area contributed by atoms with Crippen LogP contribution in [0, 0.1) is 0 Å². The van der Waals surface area contributed by atoms with E-state index in [9.17, 15) is 4.79 Å². The first-order valence-electron chi connectivity index (χ1n) is 6.97. The van der Waals surface area contributed by atoms with Gasteiger partial charge in [-0.15, -0.1) is 0 Å². The molecule has 21 heavy (non-hydrogen) atoms. The molecule has 2 aromatic carbocycles. The quantitative estimate of drug-likeness (QED) is 0.780. The molecule has 0 aromatic heterocycles. The smallest absolute Gasteiger partial charge is 0.256 e. The number of hydrogen-bond acceptors (Lipinski definition) is 1. The third-order valence-electron chi connectivity index (χ3n) is 3.68. The number of amides is 1. The molecule has 3 heteroatoms. The molecule has 0 aliphatic carbocycles. The zero-order valence-corrected chi connectivity index (χ0v) is 12.7. The van der Waals surface area contributed by atoms with Gasteiger partial charge in [0, 0.05) is 21.8 Å². The van der Waals surface area contributed by atoms with Crippen LogP contribution in [-0.2, 0) is 4.79 Å². The number of anilines is 1. The number of hydrogen-bond donors (Lipinski definition) is 1. The van der Waals surface area contributed by atoms with Gasteiger partial charge in [0.25, 0.3) is 5.91 Å². The summed E-state index contributed by atoms with van der Waals surface area (Å²) in [4.78, 5) is 12.1. The highest BCUT2D eigenvalue weighted by Crippen LogP contribution is 2.35. The Bertz CT molecular complexity index is 729. The predicted molar refractivity (Wildman–Crippen MR) is 88.5 cm³/mol. The van der Waals surface area contributed by atoms with Crippen molar-refractivity contribution in [1.29, 1.82) is 0 Å². The van der Waals surface area contributed by atoms with Crippen molar-refractivity contribution in [2.24, 2.45) is 0 Å². The van der Waals surface area contributed by atoms with Crippen molar-refractivity contribution < 1.29 is 4.79 Å². The van der Waals surface area contributed by atoms with Gasteiger partial charge in [0.15, 0.2) is 0 Å². The van der Waals surface area contributed by atoms with Gasteiger partial charge in [-0.05, 0) is 41.3 Å². The van der Waals surface area contributed by atoms with E-state index in [4.69, 9.17) is 11.6 Å². The fourth-order valence-corrected chi connectivity index (χ4v) is 2.62. The van der Waals surface area contributed by atoms with Gasteiger partial charge in [-0.1, -0.05) is 49.7 Å². The minimum absolute atomic E-state index is 0.0831. The topological polar surface area (TPSA) is 29.1 Å². The van der Waals surface area contributed by atoms with Crippen molar-refractivity contribution in [3.8, 4) is 0 Å². The zero-order chi connectivity index (χ0) is 15.0. The Morgan fingerprint density at radius 3 is 2.48 bits per heavy atom. The van der Waals surface area contributed by atoms with Crippen LogP contribution in [-0.4, -0.2) is 5.91 Å². The number of nitrogens with one attached hydrogen (secondary N) is 1. The Hall–Kier alpha value is -2.06. The highest BCUT2D eigenvalue weighted by Gasteiger charge is 2.24. The van der Waals surface area contributed by atoms with E-state index in [-0.39, 0.29) is 5.91 Å². The van der Waals surface area contributed by atoms with Gasteiger partial charge in [-0.2, -0.15) is 0 Å². The molecule has 2 aromatic rings. The molecule has 1 N–H and O–H groups in total. The summed E-state index contributed by atoms with van der Waals surface area (Å²) in [6.45, 7) is 4.33. The van der Waals surface area contributed by atoms with Gasteiger partial charge in [0.05, 0.1) is 0 Å². The van der Waals surface area contributed by atoms with E-state index >= 15 is 0 Å². The van der Waals surface area contributed by atoms with Crippen molar-refractivity contribution in [3.05, 3.63) is 64.2 Å². The molecule has 106 valence electrons. The molecule has 0 fully saturated rings. The minimum Gasteiger partial charge on any atom is -0.321 e. The van der Waals surface area contributed by atoms with Gasteiger partial charge in [-0.3, -0.25) is 4.79 Å². The fraction of sp³-hybridized carbons (Fsp3) is 0.167. The van der Waals surface area contributed by atoms with Crippen molar-refractivity contribution in [2.75, 3.05) is 5.32 Å². The Morgan fingerprint density at radius 1 is 1.10 bits per heavy atom. The van der Waals surface area contributed by atoms with E-state index in [0.29, 0.717) is 16.5 Å². The van der Waals surface area contributed by atoms with Gasteiger partial charge in [0.1, 0.15) is 0 Å².